The maximum absolute atomic E-state index is 12.5. The van der Waals surface area contributed by atoms with Crippen molar-refractivity contribution in [1.82, 2.24) is 0 Å². The highest BCUT2D eigenvalue weighted by atomic mass is 16.3. The summed E-state index contributed by atoms with van der Waals surface area (Å²) in [6.07, 6.45) is 6.24. The van der Waals surface area contributed by atoms with Gasteiger partial charge in [0.05, 0.1) is 5.56 Å². The van der Waals surface area contributed by atoms with E-state index in [-0.39, 0.29) is 0 Å². The highest BCUT2D eigenvalue weighted by Gasteiger charge is 2.36. The van der Waals surface area contributed by atoms with Gasteiger partial charge in [-0.05, 0) is 19.3 Å². The lowest BCUT2D eigenvalue weighted by atomic mass is 9.85. The molecule has 0 saturated heterocycles. The van der Waals surface area contributed by atoms with E-state index in [2.05, 4.69) is 0 Å². The van der Waals surface area contributed by atoms with Crippen molar-refractivity contribution in [3.05, 3.63) is 46.7 Å². The molecule has 0 unspecified atom stereocenters. The maximum Gasteiger partial charge on any atom is 0.237 e. The number of hydrogen-bond acceptors (Lipinski definition) is 3. The lowest BCUT2D eigenvalue weighted by molar-refractivity contribution is 0.0814. The van der Waals surface area contributed by atoms with Crippen molar-refractivity contribution in [2.45, 2.75) is 38.5 Å². The first-order valence-electron chi connectivity index (χ1n) is 7.60. The number of benzene rings is 1. The van der Waals surface area contributed by atoms with Crippen LogP contribution in [-0.4, -0.2) is 11.6 Å². The predicted octanol–water partition coefficient (Wildman–Crippen LogP) is 3.98. The van der Waals surface area contributed by atoms with Gasteiger partial charge in [-0.1, -0.05) is 37.1 Å². The number of aryl methyl sites for hydroxylation is 1. The van der Waals surface area contributed by atoms with Crippen LogP contribution < -0.4 is 0 Å². The second kappa shape index (κ2) is 4.69. The number of rotatable bonds is 0. The lowest BCUT2D eigenvalue weighted by Crippen LogP contribution is -2.21. The maximum atomic E-state index is 12.5. The van der Waals surface area contributed by atoms with Crippen LogP contribution in [0.1, 0.15) is 57.7 Å². The molecule has 4 rings (SSSR count). The molecule has 0 spiro atoms. The van der Waals surface area contributed by atoms with Crippen LogP contribution in [0.3, 0.4) is 0 Å². The molecule has 1 heterocycles. The number of furan rings is 1. The molecule has 0 amide bonds. The molecule has 0 aliphatic heterocycles. The minimum absolute atomic E-state index is 0.394. The standard InChI is InChI=1S/C18H16O3/c19-16-11-7-5-6-8-12(11)18-15(17(16)20)13-9-3-1-2-4-10-14(13)21-18/h5-8H,1-4,9-10H2. The van der Waals surface area contributed by atoms with E-state index in [1.54, 1.807) is 12.1 Å². The van der Waals surface area contributed by atoms with Crippen molar-refractivity contribution in [2.24, 2.45) is 0 Å². The Hall–Kier alpha value is -2.16. The van der Waals surface area contributed by atoms with Crippen LogP contribution in [0.25, 0.3) is 11.3 Å². The summed E-state index contributed by atoms with van der Waals surface area (Å²) in [6, 6.07) is 7.24. The quantitative estimate of drug-likeness (QED) is 0.686. The zero-order valence-corrected chi connectivity index (χ0v) is 11.8. The number of ketones is 2. The number of carbonyl (C=O) groups excluding carboxylic acids is 2. The van der Waals surface area contributed by atoms with E-state index in [4.69, 9.17) is 4.42 Å². The molecule has 3 nitrogen and oxygen atoms in total. The van der Waals surface area contributed by atoms with E-state index in [0.29, 0.717) is 16.9 Å². The highest BCUT2D eigenvalue weighted by Crippen LogP contribution is 2.40. The molecule has 3 heteroatoms. The van der Waals surface area contributed by atoms with Gasteiger partial charge in [-0.3, -0.25) is 9.59 Å². The SMILES string of the molecule is O=C1C(=O)c2c(oc3c2CCCCCC3)-c2ccccc21. The van der Waals surface area contributed by atoms with Gasteiger partial charge in [0.2, 0.25) is 11.6 Å². The van der Waals surface area contributed by atoms with Crippen molar-refractivity contribution in [1.29, 1.82) is 0 Å². The molecule has 0 bridgehead atoms. The largest absolute Gasteiger partial charge is 0.460 e. The van der Waals surface area contributed by atoms with Crippen LogP contribution >= 0.6 is 0 Å². The Labute approximate surface area is 123 Å². The van der Waals surface area contributed by atoms with Crippen LogP contribution in [0.2, 0.25) is 0 Å². The van der Waals surface area contributed by atoms with E-state index < -0.39 is 11.6 Å². The monoisotopic (exact) mass is 280 g/mol. The van der Waals surface area contributed by atoms with Crippen molar-refractivity contribution >= 4 is 11.6 Å². The molecule has 0 atom stereocenters. The summed E-state index contributed by atoms with van der Waals surface area (Å²) in [5.41, 5.74) is 2.76. The molecule has 0 fully saturated rings. The fourth-order valence-corrected chi connectivity index (χ4v) is 3.46. The summed E-state index contributed by atoms with van der Waals surface area (Å²) in [5.74, 6) is 0.734. The topological polar surface area (TPSA) is 47.3 Å². The number of Topliss-reactive ketones (excluding diaryl/α,β-unsaturated/α-hetero) is 2. The van der Waals surface area contributed by atoms with Gasteiger partial charge < -0.3 is 4.42 Å². The van der Waals surface area contributed by atoms with Gasteiger partial charge in [-0.25, -0.2) is 0 Å². The molecule has 0 N–H and O–H groups in total. The minimum Gasteiger partial charge on any atom is -0.460 e. The third kappa shape index (κ3) is 1.80. The van der Waals surface area contributed by atoms with Crippen molar-refractivity contribution in [2.75, 3.05) is 0 Å². The van der Waals surface area contributed by atoms with E-state index in [1.165, 1.54) is 12.8 Å². The fraction of sp³-hybridized carbons (Fsp3) is 0.333. The average molecular weight is 280 g/mol. The summed E-state index contributed by atoms with van der Waals surface area (Å²) in [5, 5.41) is 0. The Bertz CT molecular complexity index is 752. The normalized spacial score (nSPS) is 17.5. The van der Waals surface area contributed by atoms with E-state index in [9.17, 15) is 9.59 Å². The molecule has 0 saturated carbocycles. The van der Waals surface area contributed by atoms with Crippen molar-refractivity contribution < 1.29 is 14.0 Å². The van der Waals surface area contributed by atoms with Crippen LogP contribution in [0.4, 0.5) is 0 Å². The van der Waals surface area contributed by atoms with Crippen LogP contribution in [0.15, 0.2) is 28.7 Å². The molecule has 2 aliphatic rings. The van der Waals surface area contributed by atoms with Crippen LogP contribution in [0, 0.1) is 0 Å². The fourth-order valence-electron chi connectivity index (χ4n) is 3.46. The van der Waals surface area contributed by atoms with Gasteiger partial charge in [0.1, 0.15) is 11.5 Å². The van der Waals surface area contributed by atoms with E-state index in [1.807, 2.05) is 12.1 Å². The Morgan fingerprint density at radius 3 is 2.33 bits per heavy atom. The molecule has 2 aliphatic carbocycles. The second-order valence-electron chi connectivity index (χ2n) is 5.83. The third-order valence-electron chi connectivity index (χ3n) is 4.52. The molecule has 1 aromatic heterocycles. The summed E-state index contributed by atoms with van der Waals surface area (Å²) in [6.45, 7) is 0. The zero-order valence-electron chi connectivity index (χ0n) is 11.8. The van der Waals surface area contributed by atoms with Crippen molar-refractivity contribution in [3.8, 4) is 11.3 Å². The average Bonchev–Trinajstić information content (AvgIpc) is 2.83. The number of fused-ring (bicyclic) bond motifs is 5. The Morgan fingerprint density at radius 2 is 1.52 bits per heavy atom. The Morgan fingerprint density at radius 1 is 0.810 bits per heavy atom. The summed E-state index contributed by atoms with van der Waals surface area (Å²) >= 11 is 0. The highest BCUT2D eigenvalue weighted by molar-refractivity contribution is 6.53. The van der Waals surface area contributed by atoms with E-state index >= 15 is 0 Å². The lowest BCUT2D eigenvalue weighted by Gasteiger charge is -2.14. The molecular formula is C18H16O3. The molecule has 106 valence electrons. The van der Waals surface area contributed by atoms with Gasteiger partial charge in [-0.2, -0.15) is 0 Å². The zero-order chi connectivity index (χ0) is 14.4. The van der Waals surface area contributed by atoms with Crippen molar-refractivity contribution in [3.63, 3.8) is 0 Å². The number of hydrogen-bond donors (Lipinski definition) is 0. The Kier molecular flexibility index (Phi) is 2.81. The van der Waals surface area contributed by atoms with Gasteiger partial charge in [0.15, 0.2) is 0 Å². The third-order valence-corrected chi connectivity index (χ3v) is 4.52. The van der Waals surface area contributed by atoms with Gasteiger partial charge in [0, 0.05) is 23.1 Å². The summed E-state index contributed by atoms with van der Waals surface area (Å²) < 4.78 is 6.04. The van der Waals surface area contributed by atoms with E-state index in [0.717, 1.165) is 42.6 Å². The molecule has 0 radical (unpaired) electrons. The Balaban J connectivity index is 1.98. The first kappa shape index (κ1) is 12.6. The molecule has 1 aromatic carbocycles. The first-order valence-corrected chi connectivity index (χ1v) is 7.60. The number of carbonyl (C=O) groups is 2. The summed E-state index contributed by atoms with van der Waals surface area (Å²) in [4.78, 5) is 24.8. The summed E-state index contributed by atoms with van der Waals surface area (Å²) in [7, 11) is 0. The molecular weight excluding hydrogens is 264 g/mol. The molecule has 2 aromatic rings. The van der Waals surface area contributed by atoms with Gasteiger partial charge in [-0.15, -0.1) is 0 Å². The first-order chi connectivity index (χ1) is 10.3. The predicted molar refractivity (Wildman–Crippen MR) is 78.7 cm³/mol. The second-order valence-corrected chi connectivity index (χ2v) is 5.83. The van der Waals surface area contributed by atoms with Crippen LogP contribution in [0.5, 0.6) is 0 Å². The van der Waals surface area contributed by atoms with Crippen LogP contribution in [-0.2, 0) is 12.8 Å². The minimum atomic E-state index is -0.399. The van der Waals surface area contributed by atoms with Gasteiger partial charge >= 0.3 is 0 Å². The smallest absolute Gasteiger partial charge is 0.237 e. The van der Waals surface area contributed by atoms with Gasteiger partial charge in [0.25, 0.3) is 0 Å². The molecule has 21 heavy (non-hydrogen) atoms.